The lowest BCUT2D eigenvalue weighted by atomic mass is 10.1. The molecule has 0 amide bonds. The highest BCUT2D eigenvalue weighted by atomic mass is 14.0. The monoisotopic (exact) mass is 178 g/mol. The van der Waals surface area contributed by atoms with Crippen molar-refractivity contribution in [3.05, 3.63) is 35.4 Å². The van der Waals surface area contributed by atoms with Gasteiger partial charge in [-0.25, -0.2) is 0 Å². The zero-order valence-corrected chi connectivity index (χ0v) is 9.43. The Morgan fingerprint density at radius 3 is 2.15 bits per heavy atom. The average molecular weight is 178 g/mol. The van der Waals surface area contributed by atoms with Crippen LogP contribution in [0.4, 0.5) is 0 Å². The second kappa shape index (κ2) is 7.85. The summed E-state index contributed by atoms with van der Waals surface area (Å²) in [6.07, 6.45) is 3.61. The Kier molecular flexibility index (Phi) is 7.38. The molecule has 0 aliphatic rings. The number of rotatable bonds is 3. The first-order valence-electron chi connectivity index (χ1n) is 5.44. The fraction of sp³-hybridized carbons (Fsp3) is 0.538. The van der Waals surface area contributed by atoms with Gasteiger partial charge in [-0.05, 0) is 24.0 Å². The molecule has 0 saturated heterocycles. The Balaban J connectivity index is 0.000000671. The lowest BCUT2D eigenvalue weighted by Gasteiger charge is -2.00. The molecule has 1 rings (SSSR count). The van der Waals surface area contributed by atoms with E-state index in [1.165, 1.54) is 24.0 Å². The molecule has 0 heterocycles. The molecule has 0 saturated carbocycles. The van der Waals surface area contributed by atoms with E-state index in [0.717, 1.165) is 6.42 Å². The van der Waals surface area contributed by atoms with Gasteiger partial charge in [-0.3, -0.25) is 0 Å². The van der Waals surface area contributed by atoms with E-state index in [-0.39, 0.29) is 0 Å². The Morgan fingerprint density at radius 2 is 1.62 bits per heavy atom. The van der Waals surface area contributed by atoms with Crippen LogP contribution in [0.1, 0.15) is 45.2 Å². The second-order valence-electron chi connectivity index (χ2n) is 2.92. The third-order valence-electron chi connectivity index (χ3n) is 1.94. The summed E-state index contributed by atoms with van der Waals surface area (Å²) in [5.74, 6) is 0. The molecule has 0 fully saturated rings. The average Bonchev–Trinajstić information content (AvgIpc) is 2.22. The Morgan fingerprint density at radius 1 is 1.00 bits per heavy atom. The fourth-order valence-corrected chi connectivity index (χ4v) is 1.29. The maximum atomic E-state index is 2.31. The van der Waals surface area contributed by atoms with E-state index in [0.29, 0.717) is 0 Å². The summed E-state index contributed by atoms with van der Waals surface area (Å²) < 4.78 is 0. The molecular weight excluding hydrogens is 156 g/mol. The van der Waals surface area contributed by atoms with Gasteiger partial charge in [0.1, 0.15) is 0 Å². The topological polar surface area (TPSA) is 0 Å². The van der Waals surface area contributed by atoms with E-state index in [4.69, 9.17) is 0 Å². The van der Waals surface area contributed by atoms with Crippen molar-refractivity contribution in [2.45, 2.75) is 47.0 Å². The Hall–Kier alpha value is -0.780. The summed E-state index contributed by atoms with van der Waals surface area (Å²) in [5, 5.41) is 0. The van der Waals surface area contributed by atoms with Crippen molar-refractivity contribution < 1.29 is 0 Å². The van der Waals surface area contributed by atoms with Crippen LogP contribution in [-0.2, 0) is 12.8 Å². The predicted molar refractivity (Wildman–Crippen MR) is 61.2 cm³/mol. The van der Waals surface area contributed by atoms with Crippen LogP contribution in [-0.4, -0.2) is 0 Å². The number of benzene rings is 1. The summed E-state index contributed by atoms with van der Waals surface area (Å²) in [5.41, 5.74) is 2.93. The van der Waals surface area contributed by atoms with Gasteiger partial charge >= 0.3 is 0 Å². The first kappa shape index (κ1) is 12.2. The van der Waals surface area contributed by atoms with Gasteiger partial charge in [-0.1, -0.05) is 58.4 Å². The molecular formula is C13H22. The van der Waals surface area contributed by atoms with Crippen molar-refractivity contribution in [3.63, 3.8) is 0 Å². The molecule has 0 atom stereocenters. The highest BCUT2D eigenvalue weighted by molar-refractivity contribution is 5.23. The van der Waals surface area contributed by atoms with Gasteiger partial charge in [0.2, 0.25) is 0 Å². The van der Waals surface area contributed by atoms with Gasteiger partial charge in [-0.15, -0.1) is 0 Å². The molecule has 0 radical (unpaired) electrons. The second-order valence-corrected chi connectivity index (χ2v) is 2.92. The molecule has 0 unspecified atom stereocenters. The minimum Gasteiger partial charge on any atom is -0.0683 e. The van der Waals surface area contributed by atoms with Crippen LogP contribution in [0.15, 0.2) is 24.3 Å². The van der Waals surface area contributed by atoms with E-state index in [2.05, 4.69) is 38.1 Å². The summed E-state index contributed by atoms with van der Waals surface area (Å²) >= 11 is 0. The van der Waals surface area contributed by atoms with Gasteiger partial charge in [0.25, 0.3) is 0 Å². The van der Waals surface area contributed by atoms with Crippen LogP contribution in [0.5, 0.6) is 0 Å². The first-order valence-corrected chi connectivity index (χ1v) is 5.44. The molecule has 0 heteroatoms. The van der Waals surface area contributed by atoms with Crippen LogP contribution in [0, 0.1) is 0 Å². The van der Waals surface area contributed by atoms with E-state index in [1.807, 2.05) is 13.8 Å². The largest absolute Gasteiger partial charge is 0.0683 e. The van der Waals surface area contributed by atoms with E-state index < -0.39 is 0 Å². The predicted octanol–water partition coefficient (Wildman–Crippen LogP) is 4.23. The molecule has 0 aromatic heterocycles. The quantitative estimate of drug-likeness (QED) is 0.650. The lowest BCUT2D eigenvalue weighted by Crippen LogP contribution is -1.85. The molecule has 1 aromatic rings. The maximum Gasteiger partial charge on any atom is -0.0281 e. The number of hydrogen-bond donors (Lipinski definition) is 0. The van der Waals surface area contributed by atoms with Crippen molar-refractivity contribution >= 4 is 0 Å². The number of hydrogen-bond acceptors (Lipinski definition) is 0. The summed E-state index contributed by atoms with van der Waals surface area (Å²) in [6, 6.07) is 8.87. The Bertz CT molecular complexity index is 213. The molecule has 0 spiro atoms. The molecule has 74 valence electrons. The van der Waals surface area contributed by atoms with Gasteiger partial charge in [0.05, 0.1) is 0 Å². The van der Waals surface area contributed by atoms with Crippen molar-refractivity contribution in [2.75, 3.05) is 0 Å². The molecule has 0 aliphatic heterocycles. The summed E-state index contributed by atoms with van der Waals surface area (Å²) in [4.78, 5) is 0. The van der Waals surface area contributed by atoms with E-state index in [9.17, 15) is 0 Å². The highest BCUT2D eigenvalue weighted by Crippen LogP contribution is 2.07. The van der Waals surface area contributed by atoms with Gasteiger partial charge < -0.3 is 0 Å². The summed E-state index contributed by atoms with van der Waals surface area (Å²) in [6.45, 7) is 8.42. The normalized spacial score (nSPS) is 8.92. The molecule has 0 nitrogen and oxygen atoms in total. The van der Waals surface area contributed by atoms with Crippen molar-refractivity contribution in [2.24, 2.45) is 0 Å². The molecule has 13 heavy (non-hydrogen) atoms. The third kappa shape index (κ3) is 4.72. The van der Waals surface area contributed by atoms with Gasteiger partial charge in [0, 0.05) is 0 Å². The van der Waals surface area contributed by atoms with Gasteiger partial charge in [-0.2, -0.15) is 0 Å². The smallest absolute Gasteiger partial charge is 0.0281 e. The summed E-state index contributed by atoms with van der Waals surface area (Å²) in [7, 11) is 0. The van der Waals surface area contributed by atoms with Crippen molar-refractivity contribution in [1.82, 2.24) is 0 Å². The van der Waals surface area contributed by atoms with Crippen LogP contribution in [0.25, 0.3) is 0 Å². The minimum absolute atomic E-state index is 1.15. The van der Waals surface area contributed by atoms with Crippen LogP contribution < -0.4 is 0 Å². The zero-order chi connectivity index (χ0) is 10.1. The molecule has 0 bridgehead atoms. The zero-order valence-electron chi connectivity index (χ0n) is 9.43. The van der Waals surface area contributed by atoms with Crippen molar-refractivity contribution in [3.8, 4) is 0 Å². The van der Waals surface area contributed by atoms with Crippen LogP contribution >= 0.6 is 0 Å². The first-order chi connectivity index (χ1) is 6.36. The van der Waals surface area contributed by atoms with E-state index in [1.54, 1.807) is 0 Å². The van der Waals surface area contributed by atoms with E-state index >= 15 is 0 Å². The molecule has 0 aliphatic carbocycles. The highest BCUT2D eigenvalue weighted by Gasteiger charge is 1.91. The van der Waals surface area contributed by atoms with Crippen LogP contribution in [0.3, 0.4) is 0 Å². The SMILES string of the molecule is CC.CCCc1cccc(CC)c1. The van der Waals surface area contributed by atoms with Gasteiger partial charge in [0.15, 0.2) is 0 Å². The van der Waals surface area contributed by atoms with Crippen LogP contribution in [0.2, 0.25) is 0 Å². The maximum absolute atomic E-state index is 2.31. The Labute approximate surface area is 83.0 Å². The lowest BCUT2D eigenvalue weighted by molar-refractivity contribution is 0.917. The molecule has 0 N–H and O–H groups in total. The van der Waals surface area contributed by atoms with Crippen molar-refractivity contribution in [1.29, 1.82) is 0 Å². The number of aryl methyl sites for hydroxylation is 2. The molecule has 1 aromatic carbocycles. The fourth-order valence-electron chi connectivity index (χ4n) is 1.29. The third-order valence-corrected chi connectivity index (χ3v) is 1.94. The standard InChI is InChI=1S/C11H16.C2H6/c1-3-6-11-8-5-7-10(4-2)9-11;1-2/h5,7-9H,3-4,6H2,1-2H3;1-2H3. The minimum atomic E-state index is 1.15.